The third kappa shape index (κ3) is 3.37. The van der Waals surface area contributed by atoms with Gasteiger partial charge in [-0.3, -0.25) is 9.10 Å². The number of nitrogens with zero attached hydrogens (tertiary/aromatic N) is 1. The molecule has 2 aromatic carbocycles. The fraction of sp³-hybridized carbons (Fsp3) is 0.188. The Kier molecular flexibility index (Phi) is 4.47. The molecule has 0 aromatic heterocycles. The second-order valence-corrected chi connectivity index (χ2v) is 7.79. The molecule has 1 saturated heterocycles. The molecule has 1 heterocycles. The van der Waals surface area contributed by atoms with Crippen molar-refractivity contribution in [3.05, 3.63) is 58.9 Å². The highest BCUT2D eigenvalue weighted by atomic mass is 35.5. The summed E-state index contributed by atoms with van der Waals surface area (Å²) in [6.45, 7) is 0.359. The average Bonchev–Trinajstić information content (AvgIpc) is 2.89. The van der Waals surface area contributed by atoms with Crippen molar-refractivity contribution in [1.29, 1.82) is 0 Å². The number of halogens is 2. The van der Waals surface area contributed by atoms with E-state index in [0.717, 1.165) is 0 Å². The van der Waals surface area contributed by atoms with E-state index in [4.69, 9.17) is 11.6 Å². The number of rotatable bonds is 3. The highest BCUT2D eigenvalue weighted by Gasteiger charge is 2.30. The number of nitrogens with one attached hydrogen (secondary N) is 1. The Hall–Kier alpha value is -2.12. The Labute approximate surface area is 144 Å². The van der Waals surface area contributed by atoms with E-state index in [-0.39, 0.29) is 5.75 Å². The lowest BCUT2D eigenvalue weighted by Gasteiger charge is -2.19. The molecule has 0 radical (unpaired) electrons. The molecule has 2 aromatic rings. The minimum Gasteiger partial charge on any atom is -0.322 e. The van der Waals surface area contributed by atoms with E-state index >= 15 is 0 Å². The van der Waals surface area contributed by atoms with Crippen molar-refractivity contribution < 1.29 is 17.6 Å². The molecule has 0 aliphatic carbocycles. The van der Waals surface area contributed by atoms with Gasteiger partial charge in [-0.15, -0.1) is 0 Å². The zero-order valence-corrected chi connectivity index (χ0v) is 14.1. The molecule has 0 spiro atoms. The predicted molar refractivity (Wildman–Crippen MR) is 91.6 cm³/mol. The lowest BCUT2D eigenvalue weighted by Crippen LogP contribution is -2.25. The third-order valence-corrected chi connectivity index (χ3v) is 5.85. The molecule has 0 unspecified atom stereocenters. The van der Waals surface area contributed by atoms with Crippen LogP contribution < -0.4 is 9.62 Å². The highest BCUT2D eigenvalue weighted by molar-refractivity contribution is 7.93. The van der Waals surface area contributed by atoms with Crippen molar-refractivity contribution in [2.24, 2.45) is 0 Å². The summed E-state index contributed by atoms with van der Waals surface area (Å²) < 4.78 is 38.3. The first-order valence-corrected chi connectivity index (χ1v) is 9.22. The molecule has 1 amide bonds. The quantitative estimate of drug-likeness (QED) is 0.904. The summed E-state index contributed by atoms with van der Waals surface area (Å²) in [6.07, 6.45) is 0.533. The molecule has 1 fully saturated rings. The second kappa shape index (κ2) is 6.41. The monoisotopic (exact) mass is 368 g/mol. The van der Waals surface area contributed by atoms with Crippen LogP contribution in [0.1, 0.15) is 16.8 Å². The first-order chi connectivity index (χ1) is 11.4. The molecule has 0 atom stereocenters. The molecule has 24 heavy (non-hydrogen) atoms. The van der Waals surface area contributed by atoms with Gasteiger partial charge in [0.25, 0.3) is 5.91 Å². The van der Waals surface area contributed by atoms with E-state index in [1.807, 2.05) is 0 Å². The van der Waals surface area contributed by atoms with Crippen molar-refractivity contribution >= 4 is 38.9 Å². The van der Waals surface area contributed by atoms with Crippen LogP contribution in [-0.4, -0.2) is 26.6 Å². The van der Waals surface area contributed by atoms with Gasteiger partial charge in [-0.05, 0) is 48.9 Å². The molecule has 1 N–H and O–H groups in total. The van der Waals surface area contributed by atoms with Crippen LogP contribution in [0.2, 0.25) is 5.02 Å². The number of carbonyl (C=O) groups excluding carboxylic acids is 1. The first-order valence-electron chi connectivity index (χ1n) is 7.24. The summed E-state index contributed by atoms with van der Waals surface area (Å²) in [5.41, 5.74) is 1.04. The zero-order chi connectivity index (χ0) is 17.3. The summed E-state index contributed by atoms with van der Waals surface area (Å²) in [5, 5.41) is 2.95. The van der Waals surface area contributed by atoms with Gasteiger partial charge < -0.3 is 5.32 Å². The van der Waals surface area contributed by atoms with E-state index in [1.54, 1.807) is 6.07 Å². The Morgan fingerprint density at radius 1 is 1.17 bits per heavy atom. The molecule has 126 valence electrons. The maximum atomic E-state index is 12.9. The van der Waals surface area contributed by atoms with Crippen LogP contribution in [0.15, 0.2) is 42.5 Å². The lowest BCUT2D eigenvalue weighted by atomic mass is 10.2. The van der Waals surface area contributed by atoms with Gasteiger partial charge in [0.2, 0.25) is 10.0 Å². The van der Waals surface area contributed by atoms with Gasteiger partial charge in [0.15, 0.2) is 0 Å². The molecule has 1 aliphatic rings. The SMILES string of the molecule is O=C(Nc1ccc(Cl)c(N2CCCS2(=O)=O)c1)c1ccc(F)cc1. The van der Waals surface area contributed by atoms with Crippen molar-refractivity contribution in [3.63, 3.8) is 0 Å². The Morgan fingerprint density at radius 2 is 1.88 bits per heavy atom. The molecule has 3 rings (SSSR count). The normalized spacial score (nSPS) is 16.2. The third-order valence-electron chi connectivity index (χ3n) is 3.68. The first kappa shape index (κ1) is 16.7. The van der Waals surface area contributed by atoms with Crippen LogP contribution >= 0.6 is 11.6 Å². The summed E-state index contributed by atoms with van der Waals surface area (Å²) in [5.74, 6) is -0.776. The van der Waals surface area contributed by atoms with Crippen LogP contribution in [0.25, 0.3) is 0 Å². The number of benzene rings is 2. The van der Waals surface area contributed by atoms with Crippen LogP contribution in [0, 0.1) is 5.82 Å². The number of carbonyl (C=O) groups is 1. The fourth-order valence-corrected chi connectivity index (χ4v) is 4.34. The Bertz CT molecular complexity index is 885. The van der Waals surface area contributed by atoms with Gasteiger partial charge in [-0.2, -0.15) is 0 Å². The molecule has 1 aliphatic heterocycles. The van der Waals surface area contributed by atoms with Crippen LogP contribution in [0.4, 0.5) is 15.8 Å². The predicted octanol–water partition coefficient (Wildman–Crippen LogP) is 3.27. The minimum absolute atomic E-state index is 0.0789. The van der Waals surface area contributed by atoms with Crippen molar-refractivity contribution in [2.45, 2.75) is 6.42 Å². The van der Waals surface area contributed by atoms with E-state index < -0.39 is 21.7 Å². The maximum absolute atomic E-state index is 12.9. The minimum atomic E-state index is -3.37. The molecular formula is C16H14ClFN2O3S. The highest BCUT2D eigenvalue weighted by Crippen LogP contribution is 2.33. The van der Waals surface area contributed by atoms with E-state index in [1.165, 1.54) is 40.7 Å². The van der Waals surface area contributed by atoms with E-state index in [0.29, 0.717) is 34.9 Å². The van der Waals surface area contributed by atoms with Crippen LogP contribution in [0.5, 0.6) is 0 Å². The van der Waals surface area contributed by atoms with Crippen molar-refractivity contribution in [2.75, 3.05) is 21.9 Å². The van der Waals surface area contributed by atoms with Crippen LogP contribution in [0.3, 0.4) is 0 Å². The summed E-state index contributed by atoms with van der Waals surface area (Å²) >= 11 is 6.11. The zero-order valence-electron chi connectivity index (χ0n) is 12.5. The topological polar surface area (TPSA) is 66.5 Å². The van der Waals surface area contributed by atoms with Gasteiger partial charge in [-0.25, -0.2) is 12.8 Å². The average molecular weight is 369 g/mol. The number of anilines is 2. The Morgan fingerprint density at radius 3 is 2.50 bits per heavy atom. The smallest absolute Gasteiger partial charge is 0.255 e. The Balaban J connectivity index is 1.86. The van der Waals surface area contributed by atoms with Gasteiger partial charge >= 0.3 is 0 Å². The number of hydrogen-bond acceptors (Lipinski definition) is 3. The van der Waals surface area contributed by atoms with Crippen molar-refractivity contribution in [1.82, 2.24) is 0 Å². The number of sulfonamides is 1. The molecule has 5 nitrogen and oxygen atoms in total. The van der Waals surface area contributed by atoms with Gasteiger partial charge in [0.05, 0.1) is 16.5 Å². The fourth-order valence-electron chi connectivity index (χ4n) is 2.50. The summed E-state index contributed by atoms with van der Waals surface area (Å²) in [7, 11) is -3.37. The number of hydrogen-bond donors (Lipinski definition) is 1. The largest absolute Gasteiger partial charge is 0.322 e. The van der Waals surface area contributed by atoms with E-state index in [2.05, 4.69) is 5.32 Å². The van der Waals surface area contributed by atoms with Gasteiger partial charge in [0.1, 0.15) is 5.82 Å². The number of amides is 1. The maximum Gasteiger partial charge on any atom is 0.255 e. The molecule has 8 heteroatoms. The summed E-state index contributed by atoms with van der Waals surface area (Å²) in [4.78, 5) is 12.2. The van der Waals surface area contributed by atoms with Gasteiger partial charge in [0, 0.05) is 17.8 Å². The van der Waals surface area contributed by atoms with Crippen LogP contribution in [-0.2, 0) is 10.0 Å². The lowest BCUT2D eigenvalue weighted by molar-refractivity contribution is 0.102. The second-order valence-electron chi connectivity index (χ2n) is 5.37. The van der Waals surface area contributed by atoms with Crippen molar-refractivity contribution in [3.8, 4) is 0 Å². The van der Waals surface area contributed by atoms with Gasteiger partial charge in [-0.1, -0.05) is 11.6 Å². The standard InChI is InChI=1S/C16H14ClFN2O3S/c17-14-7-6-13(10-15(14)20-8-1-9-24(20,22)23)19-16(21)11-2-4-12(18)5-3-11/h2-7,10H,1,8-9H2,(H,19,21). The molecule has 0 saturated carbocycles. The van der Waals surface area contributed by atoms with E-state index in [9.17, 15) is 17.6 Å². The molecule has 0 bridgehead atoms. The molecular weight excluding hydrogens is 355 g/mol. The summed E-state index contributed by atoms with van der Waals surface area (Å²) in [6, 6.07) is 9.75.